The molecule has 1 aromatic heterocycles. The Labute approximate surface area is 121 Å². The summed E-state index contributed by atoms with van der Waals surface area (Å²) in [5, 5.41) is 0. The molecule has 0 fully saturated rings. The SMILES string of the molecule is COc1cc(NS(=O)(=O)c2ccc(=O)[nH]c2)cc(OC)c1. The summed E-state index contributed by atoms with van der Waals surface area (Å²) in [6.45, 7) is 0. The van der Waals surface area contributed by atoms with Crippen LogP contribution < -0.4 is 19.8 Å². The fraction of sp³-hybridized carbons (Fsp3) is 0.154. The number of nitrogens with one attached hydrogen (secondary N) is 2. The van der Waals surface area contributed by atoms with Gasteiger partial charge in [-0.2, -0.15) is 0 Å². The maximum atomic E-state index is 12.2. The van der Waals surface area contributed by atoms with Gasteiger partial charge in [0.25, 0.3) is 10.0 Å². The van der Waals surface area contributed by atoms with E-state index < -0.39 is 10.0 Å². The number of methoxy groups -OCH3 is 2. The molecule has 0 saturated carbocycles. The van der Waals surface area contributed by atoms with Crippen LogP contribution in [0.3, 0.4) is 0 Å². The summed E-state index contributed by atoms with van der Waals surface area (Å²) in [6, 6.07) is 7.02. The summed E-state index contributed by atoms with van der Waals surface area (Å²) >= 11 is 0. The van der Waals surface area contributed by atoms with Crippen molar-refractivity contribution in [3.05, 3.63) is 46.9 Å². The zero-order valence-electron chi connectivity index (χ0n) is 11.4. The second-order valence-electron chi connectivity index (χ2n) is 4.10. The lowest BCUT2D eigenvalue weighted by atomic mass is 10.3. The Hall–Kier alpha value is -2.48. The average molecular weight is 310 g/mol. The van der Waals surface area contributed by atoms with E-state index in [1.807, 2.05) is 0 Å². The minimum atomic E-state index is -3.81. The van der Waals surface area contributed by atoms with Gasteiger partial charge >= 0.3 is 0 Å². The van der Waals surface area contributed by atoms with Crippen LogP contribution in [-0.4, -0.2) is 27.6 Å². The summed E-state index contributed by atoms with van der Waals surface area (Å²) in [6.07, 6.45) is 1.13. The lowest BCUT2D eigenvalue weighted by Gasteiger charge is -2.11. The Morgan fingerprint density at radius 1 is 1.05 bits per heavy atom. The molecule has 2 rings (SSSR count). The van der Waals surface area contributed by atoms with Crippen LogP contribution in [0.2, 0.25) is 0 Å². The highest BCUT2D eigenvalue weighted by atomic mass is 32.2. The van der Waals surface area contributed by atoms with Gasteiger partial charge < -0.3 is 14.5 Å². The average Bonchev–Trinajstić information content (AvgIpc) is 2.46. The quantitative estimate of drug-likeness (QED) is 0.864. The van der Waals surface area contributed by atoms with Gasteiger partial charge in [-0.15, -0.1) is 0 Å². The first-order chi connectivity index (χ1) is 9.94. The van der Waals surface area contributed by atoms with Gasteiger partial charge in [0.15, 0.2) is 0 Å². The van der Waals surface area contributed by atoms with Gasteiger partial charge in [0, 0.05) is 30.5 Å². The molecule has 0 aliphatic carbocycles. The zero-order chi connectivity index (χ0) is 15.5. The Balaban J connectivity index is 2.36. The van der Waals surface area contributed by atoms with Crippen LogP contribution in [0.4, 0.5) is 5.69 Å². The predicted octanol–water partition coefficient (Wildman–Crippen LogP) is 1.19. The summed E-state index contributed by atoms with van der Waals surface area (Å²) in [5.41, 5.74) is -0.0885. The van der Waals surface area contributed by atoms with Gasteiger partial charge in [0.05, 0.1) is 19.9 Å². The molecule has 2 aromatic rings. The molecule has 0 radical (unpaired) electrons. The van der Waals surface area contributed by atoms with Crippen molar-refractivity contribution in [1.29, 1.82) is 0 Å². The van der Waals surface area contributed by atoms with E-state index in [1.165, 1.54) is 32.4 Å². The third-order valence-corrected chi connectivity index (χ3v) is 4.05. The minimum Gasteiger partial charge on any atom is -0.497 e. The van der Waals surface area contributed by atoms with Crippen LogP contribution in [-0.2, 0) is 10.0 Å². The molecule has 0 saturated heterocycles. The Morgan fingerprint density at radius 2 is 1.67 bits per heavy atom. The summed E-state index contributed by atoms with van der Waals surface area (Å²) in [4.78, 5) is 13.2. The number of pyridine rings is 1. The molecular formula is C13H14N2O5S. The fourth-order valence-corrected chi connectivity index (χ4v) is 2.65. The molecule has 7 nitrogen and oxygen atoms in total. The molecule has 0 aliphatic rings. The lowest BCUT2D eigenvalue weighted by molar-refractivity contribution is 0.395. The zero-order valence-corrected chi connectivity index (χ0v) is 12.2. The van der Waals surface area contributed by atoms with Crippen molar-refractivity contribution in [3.8, 4) is 11.5 Å². The predicted molar refractivity (Wildman–Crippen MR) is 77.4 cm³/mol. The number of hydrogen-bond donors (Lipinski definition) is 2. The van der Waals surface area contributed by atoms with Crippen LogP contribution in [0, 0.1) is 0 Å². The molecule has 1 aromatic carbocycles. The second kappa shape index (κ2) is 5.88. The van der Waals surface area contributed by atoms with Crippen LogP contribution >= 0.6 is 0 Å². The minimum absolute atomic E-state index is 0.0520. The standard InChI is InChI=1S/C13H14N2O5S/c1-19-10-5-9(6-11(7-10)20-2)15-21(17,18)12-3-4-13(16)14-8-12/h3-8,15H,1-2H3,(H,14,16). The number of sulfonamides is 1. The topological polar surface area (TPSA) is 97.5 Å². The van der Waals surface area contributed by atoms with Crippen LogP contribution in [0.5, 0.6) is 11.5 Å². The lowest BCUT2D eigenvalue weighted by Crippen LogP contribution is -2.15. The summed E-state index contributed by atoms with van der Waals surface area (Å²) < 4.78 is 36.9. The number of aromatic amines is 1. The molecule has 1 heterocycles. The van der Waals surface area contributed by atoms with Crippen molar-refractivity contribution in [2.45, 2.75) is 4.90 Å². The van der Waals surface area contributed by atoms with Gasteiger partial charge in [0.1, 0.15) is 16.4 Å². The maximum Gasteiger partial charge on any atom is 0.263 e. The normalized spacial score (nSPS) is 11.0. The number of hydrogen-bond acceptors (Lipinski definition) is 5. The van der Waals surface area contributed by atoms with Gasteiger partial charge in [-0.25, -0.2) is 8.42 Å². The van der Waals surface area contributed by atoms with E-state index in [0.29, 0.717) is 11.5 Å². The highest BCUT2D eigenvalue weighted by molar-refractivity contribution is 7.92. The maximum absolute atomic E-state index is 12.2. The molecule has 112 valence electrons. The van der Waals surface area contributed by atoms with Gasteiger partial charge in [0.2, 0.25) is 5.56 Å². The van der Waals surface area contributed by atoms with E-state index in [4.69, 9.17) is 9.47 Å². The van der Waals surface area contributed by atoms with Gasteiger partial charge in [-0.3, -0.25) is 9.52 Å². The first-order valence-corrected chi connectivity index (χ1v) is 7.37. The molecular weight excluding hydrogens is 296 g/mol. The molecule has 0 atom stereocenters. The van der Waals surface area contributed by atoms with Crippen LogP contribution in [0.15, 0.2) is 46.2 Å². The monoisotopic (exact) mass is 310 g/mol. The molecule has 0 spiro atoms. The van der Waals surface area contributed by atoms with E-state index >= 15 is 0 Å². The largest absolute Gasteiger partial charge is 0.497 e. The highest BCUT2D eigenvalue weighted by Crippen LogP contribution is 2.27. The Bertz CT molecular complexity index is 756. The van der Waals surface area contributed by atoms with Crippen LogP contribution in [0.1, 0.15) is 0 Å². The molecule has 0 unspecified atom stereocenters. The number of aromatic nitrogens is 1. The molecule has 0 aliphatic heterocycles. The van der Waals surface area contributed by atoms with Gasteiger partial charge in [-0.05, 0) is 6.07 Å². The molecule has 8 heteroatoms. The van der Waals surface area contributed by atoms with Crippen molar-refractivity contribution in [3.63, 3.8) is 0 Å². The van der Waals surface area contributed by atoms with E-state index in [2.05, 4.69) is 9.71 Å². The summed E-state index contributed by atoms with van der Waals surface area (Å²) in [7, 11) is -0.877. The van der Waals surface area contributed by atoms with Crippen LogP contribution in [0.25, 0.3) is 0 Å². The smallest absolute Gasteiger partial charge is 0.263 e. The van der Waals surface area contributed by atoms with E-state index in [-0.39, 0.29) is 16.1 Å². The van der Waals surface area contributed by atoms with Crippen molar-refractivity contribution in [2.75, 3.05) is 18.9 Å². The van der Waals surface area contributed by atoms with Crippen molar-refractivity contribution in [1.82, 2.24) is 4.98 Å². The third-order valence-electron chi connectivity index (χ3n) is 2.67. The highest BCUT2D eigenvalue weighted by Gasteiger charge is 2.15. The first-order valence-electron chi connectivity index (χ1n) is 5.89. The molecule has 2 N–H and O–H groups in total. The number of anilines is 1. The second-order valence-corrected chi connectivity index (χ2v) is 5.78. The van der Waals surface area contributed by atoms with Crippen molar-refractivity contribution in [2.24, 2.45) is 0 Å². The summed E-state index contributed by atoms with van der Waals surface area (Å²) in [5.74, 6) is 0.905. The Kier molecular flexibility index (Phi) is 4.18. The first kappa shape index (κ1) is 14.9. The van der Waals surface area contributed by atoms with Crippen molar-refractivity contribution >= 4 is 15.7 Å². The number of H-pyrrole nitrogens is 1. The Morgan fingerprint density at radius 3 is 2.14 bits per heavy atom. The molecule has 0 amide bonds. The number of rotatable bonds is 5. The van der Waals surface area contributed by atoms with Crippen molar-refractivity contribution < 1.29 is 17.9 Å². The number of ether oxygens (including phenoxy) is 2. The molecule has 21 heavy (non-hydrogen) atoms. The fourth-order valence-electron chi connectivity index (χ4n) is 1.64. The van der Waals surface area contributed by atoms with Gasteiger partial charge in [-0.1, -0.05) is 0 Å². The molecule has 0 bridgehead atoms. The van der Waals surface area contributed by atoms with E-state index in [1.54, 1.807) is 6.07 Å². The third kappa shape index (κ3) is 3.54. The van der Waals surface area contributed by atoms with E-state index in [9.17, 15) is 13.2 Å². The van der Waals surface area contributed by atoms with E-state index in [0.717, 1.165) is 12.3 Å². The number of benzene rings is 1.